The van der Waals surface area contributed by atoms with Gasteiger partial charge in [-0.25, -0.2) is 0 Å². The van der Waals surface area contributed by atoms with Crippen LogP contribution in [0.15, 0.2) is 16.9 Å². The Balaban J connectivity index is 2.21. The molecule has 1 unspecified atom stereocenters. The van der Waals surface area contributed by atoms with Crippen LogP contribution in [-0.2, 0) is 11.3 Å². The first-order valence-electron chi connectivity index (χ1n) is 6.72. The number of aryl methyl sites for hydroxylation is 2. The fourth-order valence-electron chi connectivity index (χ4n) is 1.87. The van der Waals surface area contributed by atoms with Crippen molar-refractivity contribution in [3.63, 3.8) is 0 Å². The molecule has 3 N–H and O–H groups in total. The van der Waals surface area contributed by atoms with Crippen molar-refractivity contribution < 1.29 is 9.59 Å². The predicted octanol–water partition coefficient (Wildman–Crippen LogP) is 1.47. The smallest absolute Gasteiger partial charge is 0.271 e. The van der Waals surface area contributed by atoms with E-state index in [1.165, 1.54) is 4.68 Å². The maximum absolute atomic E-state index is 12.3. The Morgan fingerprint density at radius 2 is 2.09 bits per heavy atom. The lowest BCUT2D eigenvalue weighted by Gasteiger charge is -2.12. The van der Waals surface area contributed by atoms with Crippen molar-refractivity contribution in [3.8, 4) is 0 Å². The van der Waals surface area contributed by atoms with Gasteiger partial charge in [0.25, 0.3) is 5.91 Å². The quantitative estimate of drug-likeness (QED) is 0.832. The lowest BCUT2D eigenvalue weighted by Crippen LogP contribution is -2.25. The number of carbonyl (C=O) groups excluding carboxylic acids is 2. The average molecular weight is 369 g/mol. The van der Waals surface area contributed by atoms with Gasteiger partial charge >= 0.3 is 0 Å². The number of carbonyl (C=O) groups is 2. The maximum Gasteiger partial charge on any atom is 0.271 e. The van der Waals surface area contributed by atoms with E-state index in [0.717, 1.165) is 10.2 Å². The molecular weight excluding hydrogens is 352 g/mol. The van der Waals surface area contributed by atoms with Crippen molar-refractivity contribution >= 4 is 33.4 Å². The van der Waals surface area contributed by atoms with Gasteiger partial charge in [0.2, 0.25) is 5.91 Å². The number of amides is 2. The van der Waals surface area contributed by atoms with Gasteiger partial charge in [0.05, 0.1) is 15.9 Å². The van der Waals surface area contributed by atoms with E-state index in [1.54, 1.807) is 24.0 Å². The number of primary amides is 1. The first kappa shape index (κ1) is 16.2. The number of halogens is 1. The zero-order chi connectivity index (χ0) is 16.4. The topological polar surface area (TPSA) is 108 Å². The molecule has 2 amide bonds. The van der Waals surface area contributed by atoms with E-state index in [4.69, 9.17) is 5.73 Å². The van der Waals surface area contributed by atoms with Crippen LogP contribution in [0.4, 0.5) is 5.69 Å². The van der Waals surface area contributed by atoms with Crippen LogP contribution >= 0.6 is 15.9 Å². The molecule has 0 aliphatic heterocycles. The number of hydrogen-bond donors (Lipinski definition) is 2. The van der Waals surface area contributed by atoms with Crippen LogP contribution in [0.5, 0.6) is 0 Å². The summed E-state index contributed by atoms with van der Waals surface area (Å²) in [4.78, 5) is 23.7. The highest BCUT2D eigenvalue weighted by Crippen LogP contribution is 2.19. The number of hydrogen-bond acceptors (Lipinski definition) is 4. The van der Waals surface area contributed by atoms with E-state index in [2.05, 4.69) is 31.4 Å². The number of nitrogens with zero attached hydrogens (tertiary/aromatic N) is 4. The minimum Gasteiger partial charge on any atom is -0.364 e. The molecule has 0 aliphatic rings. The summed E-state index contributed by atoms with van der Waals surface area (Å²) >= 11 is 3.35. The fraction of sp³-hybridized carbons (Fsp3) is 0.385. The van der Waals surface area contributed by atoms with Crippen LogP contribution in [-0.4, -0.2) is 31.4 Å². The first-order valence-corrected chi connectivity index (χ1v) is 7.52. The molecular formula is C13H17BrN6O2. The van der Waals surface area contributed by atoms with Gasteiger partial charge in [0, 0.05) is 18.9 Å². The summed E-state index contributed by atoms with van der Waals surface area (Å²) in [6, 6.07) is -0.546. The Kier molecular flexibility index (Phi) is 4.65. The number of aromatic nitrogens is 4. The van der Waals surface area contributed by atoms with E-state index < -0.39 is 11.9 Å². The summed E-state index contributed by atoms with van der Waals surface area (Å²) in [5, 5.41) is 11.0. The van der Waals surface area contributed by atoms with Crippen LogP contribution < -0.4 is 11.1 Å². The molecule has 2 aromatic rings. The molecule has 2 rings (SSSR count). The molecule has 118 valence electrons. The third-order valence-electron chi connectivity index (χ3n) is 3.21. The Morgan fingerprint density at radius 1 is 1.41 bits per heavy atom. The van der Waals surface area contributed by atoms with Crippen LogP contribution in [0, 0.1) is 6.92 Å². The molecule has 0 aliphatic carbocycles. The fourth-order valence-corrected chi connectivity index (χ4v) is 2.16. The highest BCUT2D eigenvalue weighted by molar-refractivity contribution is 9.10. The maximum atomic E-state index is 12.3. The molecule has 22 heavy (non-hydrogen) atoms. The molecule has 0 saturated carbocycles. The summed E-state index contributed by atoms with van der Waals surface area (Å²) in [6.07, 6.45) is 3.30. The Hall–Kier alpha value is -2.16. The van der Waals surface area contributed by atoms with E-state index in [0.29, 0.717) is 12.2 Å². The summed E-state index contributed by atoms with van der Waals surface area (Å²) in [5.74, 6) is -0.999. The van der Waals surface area contributed by atoms with Crippen molar-refractivity contribution in [1.82, 2.24) is 19.6 Å². The second-order valence-corrected chi connectivity index (χ2v) is 5.67. The highest BCUT2D eigenvalue weighted by atomic mass is 79.9. The Labute approximate surface area is 135 Å². The van der Waals surface area contributed by atoms with Gasteiger partial charge in [0.15, 0.2) is 5.69 Å². The number of nitrogens with one attached hydrogen (secondary N) is 1. The SMILES string of the molecule is CCn1cc(NC(=O)C(C)n2cc(Br)c(C)n2)c(C(N)=O)n1. The Bertz CT molecular complexity index is 701. The van der Waals surface area contributed by atoms with Crippen molar-refractivity contribution in [2.75, 3.05) is 5.32 Å². The van der Waals surface area contributed by atoms with E-state index >= 15 is 0 Å². The summed E-state index contributed by atoms with van der Waals surface area (Å²) in [7, 11) is 0. The standard InChI is InChI=1S/C13H17BrN6O2/c1-4-19-6-10(11(18-19)12(15)21)16-13(22)8(3)20-5-9(14)7(2)17-20/h5-6,8H,4H2,1-3H3,(H2,15,21)(H,16,22). The number of nitrogens with two attached hydrogens (primary N) is 1. The molecule has 2 aromatic heterocycles. The molecule has 2 heterocycles. The van der Waals surface area contributed by atoms with Gasteiger partial charge in [0.1, 0.15) is 6.04 Å². The van der Waals surface area contributed by atoms with Crippen molar-refractivity contribution in [3.05, 3.63) is 28.3 Å². The monoisotopic (exact) mass is 368 g/mol. The largest absolute Gasteiger partial charge is 0.364 e. The summed E-state index contributed by atoms with van der Waals surface area (Å²) < 4.78 is 3.90. The molecule has 0 saturated heterocycles. The molecule has 8 nitrogen and oxygen atoms in total. The normalized spacial score (nSPS) is 12.2. The minimum atomic E-state index is -0.687. The lowest BCUT2D eigenvalue weighted by atomic mass is 10.3. The van der Waals surface area contributed by atoms with Crippen molar-refractivity contribution in [2.24, 2.45) is 5.73 Å². The van der Waals surface area contributed by atoms with Crippen LogP contribution in [0.2, 0.25) is 0 Å². The second-order valence-electron chi connectivity index (χ2n) is 4.82. The number of rotatable bonds is 5. The van der Waals surface area contributed by atoms with Gasteiger partial charge in [-0.2, -0.15) is 10.2 Å². The Morgan fingerprint density at radius 3 is 2.59 bits per heavy atom. The van der Waals surface area contributed by atoms with Crippen LogP contribution in [0.3, 0.4) is 0 Å². The molecule has 1 atom stereocenters. The van der Waals surface area contributed by atoms with E-state index in [9.17, 15) is 9.59 Å². The van der Waals surface area contributed by atoms with Crippen molar-refractivity contribution in [2.45, 2.75) is 33.4 Å². The van der Waals surface area contributed by atoms with E-state index in [1.807, 2.05) is 13.8 Å². The van der Waals surface area contributed by atoms with Gasteiger partial charge < -0.3 is 11.1 Å². The zero-order valence-corrected chi connectivity index (χ0v) is 14.1. The second kappa shape index (κ2) is 6.30. The molecule has 0 bridgehead atoms. The third-order valence-corrected chi connectivity index (χ3v) is 3.99. The highest BCUT2D eigenvalue weighted by Gasteiger charge is 2.21. The minimum absolute atomic E-state index is 0.0419. The van der Waals surface area contributed by atoms with Crippen LogP contribution in [0.1, 0.15) is 36.1 Å². The van der Waals surface area contributed by atoms with Gasteiger partial charge in [-0.3, -0.25) is 19.0 Å². The molecule has 0 fully saturated rings. The molecule has 9 heteroatoms. The van der Waals surface area contributed by atoms with E-state index in [-0.39, 0.29) is 11.6 Å². The predicted molar refractivity (Wildman–Crippen MR) is 84.4 cm³/mol. The van der Waals surface area contributed by atoms with Crippen molar-refractivity contribution in [1.29, 1.82) is 0 Å². The lowest BCUT2D eigenvalue weighted by molar-refractivity contribution is -0.119. The molecule has 0 radical (unpaired) electrons. The van der Waals surface area contributed by atoms with Crippen LogP contribution in [0.25, 0.3) is 0 Å². The summed E-state index contributed by atoms with van der Waals surface area (Å²) in [5.41, 5.74) is 6.41. The van der Waals surface area contributed by atoms with Gasteiger partial charge in [-0.15, -0.1) is 0 Å². The molecule has 0 spiro atoms. The zero-order valence-electron chi connectivity index (χ0n) is 12.5. The van der Waals surface area contributed by atoms with Gasteiger partial charge in [-0.1, -0.05) is 0 Å². The summed E-state index contributed by atoms with van der Waals surface area (Å²) in [6.45, 7) is 5.98. The molecule has 0 aromatic carbocycles. The average Bonchev–Trinajstić information content (AvgIpc) is 3.02. The number of anilines is 1. The third kappa shape index (κ3) is 3.19. The van der Waals surface area contributed by atoms with Gasteiger partial charge in [-0.05, 0) is 36.7 Å². The first-order chi connectivity index (χ1) is 10.3.